The second-order valence-electron chi connectivity index (χ2n) is 8.19. The van der Waals surface area contributed by atoms with Crippen molar-refractivity contribution in [1.29, 1.82) is 0 Å². The van der Waals surface area contributed by atoms with E-state index >= 15 is 0 Å². The van der Waals surface area contributed by atoms with Gasteiger partial charge >= 0.3 is 0 Å². The first-order chi connectivity index (χ1) is 15.9. The highest BCUT2D eigenvalue weighted by Gasteiger charge is 2.42. The van der Waals surface area contributed by atoms with Crippen molar-refractivity contribution in [1.82, 2.24) is 19.7 Å². The predicted molar refractivity (Wildman–Crippen MR) is 123 cm³/mol. The minimum Gasteiger partial charge on any atom is -0.369 e. The van der Waals surface area contributed by atoms with E-state index in [0.717, 1.165) is 23.5 Å². The predicted octanol–water partition coefficient (Wildman–Crippen LogP) is 0.754. The Hall–Kier alpha value is -3.52. The highest BCUT2D eigenvalue weighted by atomic mass is 32.2. The molecule has 4 heterocycles. The van der Waals surface area contributed by atoms with E-state index in [2.05, 4.69) is 26.2 Å². The van der Waals surface area contributed by atoms with Gasteiger partial charge in [0.25, 0.3) is 17.3 Å². The number of nitrogens with zero attached hydrogens (tertiary/aromatic N) is 5. The van der Waals surface area contributed by atoms with Gasteiger partial charge in [0.05, 0.1) is 41.3 Å². The largest absolute Gasteiger partial charge is 0.369 e. The van der Waals surface area contributed by atoms with E-state index in [9.17, 15) is 14.7 Å². The molecule has 5 rings (SSSR count). The van der Waals surface area contributed by atoms with Crippen molar-refractivity contribution in [3.8, 4) is 17.5 Å². The van der Waals surface area contributed by atoms with Gasteiger partial charge in [-0.15, -0.1) is 0 Å². The fourth-order valence-electron chi connectivity index (χ4n) is 4.23. The molecule has 10 heteroatoms. The standard InChI is InChI=1S/C23H22N6O3S/c1-27-11-8-23(32,22(27)31)7-5-16-3-2-4-17(13-16)29-19-6-10-28(33-12-9-25-15-33)14-18(19)20(26-29)21(24)30/h2-4,9,12-13,15,32H,6,8,10-11,14H2,1H3,(H-,24,30)/p+1/t23-,33?/m0/s1. The molecule has 0 aliphatic carbocycles. The minimum absolute atomic E-state index is 0.196. The van der Waals surface area contributed by atoms with Crippen LogP contribution in [0.2, 0.25) is 0 Å². The van der Waals surface area contributed by atoms with Gasteiger partial charge in [-0.1, -0.05) is 22.2 Å². The molecule has 2 atom stereocenters. The van der Waals surface area contributed by atoms with Crippen LogP contribution in [-0.2, 0) is 17.8 Å². The molecule has 168 valence electrons. The lowest BCUT2D eigenvalue weighted by Gasteiger charge is -2.20. The fourth-order valence-corrected chi connectivity index (χ4v) is 5.58. The first-order valence-electron chi connectivity index (χ1n) is 10.5. The summed E-state index contributed by atoms with van der Waals surface area (Å²) in [4.78, 5) is 30.0. The van der Waals surface area contributed by atoms with Gasteiger partial charge in [-0.25, -0.2) is 9.67 Å². The Morgan fingerprint density at radius 2 is 2.18 bits per heavy atom. The van der Waals surface area contributed by atoms with Crippen LogP contribution in [0.4, 0.5) is 0 Å². The molecule has 0 spiro atoms. The number of carbonyl (C=O) groups is 2. The normalized spacial score (nSPS) is 21.0. The van der Waals surface area contributed by atoms with Gasteiger partial charge in [-0.3, -0.25) is 9.59 Å². The number of rotatable bonds is 3. The Morgan fingerprint density at radius 3 is 2.88 bits per heavy atom. The maximum absolute atomic E-state index is 12.2. The molecule has 1 unspecified atom stereocenters. The maximum Gasteiger partial charge on any atom is 0.269 e. The number of likely N-dealkylation sites (tertiary alicyclic amines) is 1. The molecule has 3 aromatic rings. The quantitative estimate of drug-likeness (QED) is 0.437. The first-order valence-corrected chi connectivity index (χ1v) is 11.9. The molecule has 1 fully saturated rings. The van der Waals surface area contributed by atoms with Crippen molar-refractivity contribution in [3.63, 3.8) is 0 Å². The smallest absolute Gasteiger partial charge is 0.269 e. The third-order valence-corrected chi connectivity index (χ3v) is 7.67. The molecule has 3 N–H and O–H groups in total. The number of hydrogen-bond donors (Lipinski definition) is 2. The molecule has 1 saturated heterocycles. The van der Waals surface area contributed by atoms with Crippen LogP contribution in [0.1, 0.15) is 33.7 Å². The summed E-state index contributed by atoms with van der Waals surface area (Å²) in [5.41, 5.74) is 9.33. The summed E-state index contributed by atoms with van der Waals surface area (Å²) in [5, 5.41) is 17.2. The van der Waals surface area contributed by atoms with Crippen molar-refractivity contribution in [3.05, 3.63) is 63.9 Å². The summed E-state index contributed by atoms with van der Waals surface area (Å²) in [5.74, 6) is 4.73. The zero-order chi connectivity index (χ0) is 23.2. The van der Waals surface area contributed by atoms with Crippen molar-refractivity contribution in [2.75, 3.05) is 24.4 Å². The third-order valence-electron chi connectivity index (χ3n) is 6.02. The van der Waals surface area contributed by atoms with Crippen molar-refractivity contribution in [2.45, 2.75) is 25.0 Å². The van der Waals surface area contributed by atoms with Crippen LogP contribution in [0.15, 0.2) is 41.4 Å². The lowest BCUT2D eigenvalue weighted by molar-refractivity contribution is -0.137. The average molecular weight is 464 g/mol. The van der Waals surface area contributed by atoms with E-state index in [1.165, 1.54) is 4.90 Å². The molecular formula is C23H23N6O3S+. The van der Waals surface area contributed by atoms with Crippen molar-refractivity contribution in [2.24, 2.45) is 5.73 Å². The summed E-state index contributed by atoms with van der Waals surface area (Å²) < 4.78 is 4.01. The Balaban J connectivity index is 1.49. The highest BCUT2D eigenvalue weighted by molar-refractivity contribution is 7.30. The topological polar surface area (TPSA) is 118 Å². The lowest BCUT2D eigenvalue weighted by atomic mass is 10.0. The van der Waals surface area contributed by atoms with E-state index in [0.29, 0.717) is 25.1 Å². The number of fused-ring (bicyclic) bond motifs is 1. The van der Waals surface area contributed by atoms with Crippen LogP contribution in [0.25, 0.3) is 5.69 Å². The molecule has 0 radical (unpaired) electrons. The zero-order valence-corrected chi connectivity index (χ0v) is 18.9. The van der Waals surface area contributed by atoms with Crippen molar-refractivity contribution < 1.29 is 14.7 Å². The summed E-state index contributed by atoms with van der Waals surface area (Å²) in [7, 11) is 1.45. The number of aliphatic hydroxyl groups is 1. The number of likely N-dealkylation sites (N-methyl/N-ethyl adjacent to an activating group) is 1. The minimum atomic E-state index is -1.66. The molecule has 0 saturated carbocycles. The first kappa shape index (κ1) is 21.3. The maximum atomic E-state index is 12.2. The SMILES string of the molecule is CN1CC[C@@](O)(C#Cc2cccc(-n3nc(C(N)=O)c4c3CCN([s+]3ccnc3)C4)c2)C1=O. The summed E-state index contributed by atoms with van der Waals surface area (Å²) >= 11 is 0. The van der Waals surface area contributed by atoms with E-state index in [4.69, 9.17) is 5.73 Å². The van der Waals surface area contributed by atoms with Gasteiger partial charge in [0, 0.05) is 37.6 Å². The van der Waals surface area contributed by atoms with Gasteiger partial charge in [-0.05, 0) is 18.2 Å². The highest BCUT2D eigenvalue weighted by Crippen LogP contribution is 2.30. The molecule has 0 bridgehead atoms. The Morgan fingerprint density at radius 1 is 1.33 bits per heavy atom. The van der Waals surface area contributed by atoms with Crippen LogP contribution in [-0.4, -0.2) is 62.3 Å². The summed E-state index contributed by atoms with van der Waals surface area (Å²) in [6.07, 6.45) is 2.77. The molecule has 33 heavy (non-hydrogen) atoms. The third kappa shape index (κ3) is 3.80. The number of amides is 2. The fraction of sp³-hybridized carbons (Fsp3) is 0.304. The number of aromatic nitrogens is 3. The summed E-state index contributed by atoms with van der Waals surface area (Å²) in [6.45, 7) is 1.84. The van der Waals surface area contributed by atoms with Gasteiger partial charge in [0.1, 0.15) is 0 Å². The number of benzene rings is 1. The van der Waals surface area contributed by atoms with Crippen LogP contribution < -0.4 is 10.0 Å². The molecule has 2 amide bonds. The van der Waals surface area contributed by atoms with E-state index in [1.54, 1.807) is 17.9 Å². The van der Waals surface area contributed by atoms with Crippen LogP contribution in [0, 0.1) is 11.8 Å². The average Bonchev–Trinajstić information content (AvgIpc) is 3.54. The van der Waals surface area contributed by atoms with Crippen molar-refractivity contribution >= 4 is 22.5 Å². The number of thiazole rings is 1. The molecule has 9 nitrogen and oxygen atoms in total. The molecule has 2 aliphatic heterocycles. The lowest BCUT2D eigenvalue weighted by Crippen LogP contribution is -2.37. The molecular weight excluding hydrogens is 440 g/mol. The van der Waals surface area contributed by atoms with Gasteiger partial charge in [0.2, 0.25) is 5.60 Å². The van der Waals surface area contributed by atoms with E-state index < -0.39 is 11.5 Å². The Labute approximate surface area is 193 Å². The number of primary amides is 1. The monoisotopic (exact) mass is 463 g/mol. The number of carbonyl (C=O) groups excluding carboxylic acids is 2. The summed E-state index contributed by atoms with van der Waals surface area (Å²) in [6, 6.07) is 7.36. The van der Waals surface area contributed by atoms with Gasteiger partial charge in [0.15, 0.2) is 11.1 Å². The molecule has 2 aliphatic rings. The molecule has 1 aromatic carbocycles. The number of hydrogen-bond acceptors (Lipinski definition) is 6. The zero-order valence-electron chi connectivity index (χ0n) is 18.1. The Kier molecular flexibility index (Phi) is 5.25. The second-order valence-corrected chi connectivity index (χ2v) is 9.88. The van der Waals surface area contributed by atoms with Crippen LogP contribution >= 0.6 is 10.7 Å². The van der Waals surface area contributed by atoms with E-state index in [1.807, 2.05) is 35.2 Å². The second kappa shape index (κ2) is 8.12. The Bertz CT molecular complexity index is 1310. The molecule has 2 aromatic heterocycles. The number of nitrogens with two attached hydrogens (primary N) is 1. The van der Waals surface area contributed by atoms with E-state index in [-0.39, 0.29) is 28.7 Å². The van der Waals surface area contributed by atoms with Gasteiger partial charge in [-0.2, -0.15) is 5.10 Å². The van der Waals surface area contributed by atoms with Gasteiger partial charge < -0.3 is 15.7 Å². The van der Waals surface area contributed by atoms with Crippen LogP contribution in [0.3, 0.4) is 0 Å². The van der Waals surface area contributed by atoms with Crippen LogP contribution in [0.5, 0.6) is 0 Å².